The molecule has 1 aromatic carbocycles. The fourth-order valence-electron chi connectivity index (χ4n) is 2.70. The van der Waals surface area contributed by atoms with Gasteiger partial charge in [0.15, 0.2) is 0 Å². The molecule has 0 aliphatic heterocycles. The number of rotatable bonds is 5. The number of hydrogen-bond donors (Lipinski definition) is 1. The number of nitrogens with zero attached hydrogens (tertiary/aromatic N) is 1. The molecule has 2 aromatic rings. The number of aromatic amines is 1. The third-order valence-electron chi connectivity index (χ3n) is 3.65. The minimum absolute atomic E-state index is 0.0518. The van der Waals surface area contributed by atoms with Gasteiger partial charge in [-0.3, -0.25) is 4.79 Å². The smallest absolute Gasteiger partial charge is 0.420 e. The van der Waals surface area contributed by atoms with E-state index in [1.165, 1.54) is 26.4 Å². The van der Waals surface area contributed by atoms with E-state index in [1.54, 1.807) is 19.0 Å². The number of esters is 1. The SMILES string of the molecule is COC(=O)Cc1c(CN(C)C)[nH]c2ccc(OC)c(C(F)(F)F)c12. The molecule has 1 N–H and O–H groups in total. The van der Waals surface area contributed by atoms with Gasteiger partial charge in [0.1, 0.15) is 11.3 Å². The van der Waals surface area contributed by atoms with E-state index in [-0.39, 0.29) is 23.1 Å². The number of halogens is 3. The molecule has 0 atom stereocenters. The molecule has 24 heavy (non-hydrogen) atoms. The summed E-state index contributed by atoms with van der Waals surface area (Å²) in [5.74, 6) is -0.886. The third kappa shape index (κ3) is 3.48. The molecule has 5 nitrogen and oxygen atoms in total. The first-order valence-electron chi connectivity index (χ1n) is 7.18. The predicted molar refractivity (Wildman–Crippen MR) is 83.0 cm³/mol. The highest BCUT2D eigenvalue weighted by atomic mass is 19.4. The monoisotopic (exact) mass is 344 g/mol. The van der Waals surface area contributed by atoms with Crippen LogP contribution in [0.15, 0.2) is 12.1 Å². The van der Waals surface area contributed by atoms with Gasteiger partial charge in [0.2, 0.25) is 0 Å². The van der Waals surface area contributed by atoms with Crippen LogP contribution < -0.4 is 4.74 Å². The van der Waals surface area contributed by atoms with Crippen molar-refractivity contribution in [2.45, 2.75) is 19.1 Å². The summed E-state index contributed by atoms with van der Waals surface area (Å²) in [4.78, 5) is 16.5. The number of methoxy groups -OCH3 is 2. The van der Waals surface area contributed by atoms with Crippen molar-refractivity contribution in [3.05, 3.63) is 29.0 Å². The number of ether oxygens (including phenoxy) is 2. The largest absolute Gasteiger partial charge is 0.496 e. The lowest BCUT2D eigenvalue weighted by molar-refractivity contribution is -0.140. The van der Waals surface area contributed by atoms with E-state index in [0.29, 0.717) is 17.8 Å². The van der Waals surface area contributed by atoms with Crippen LogP contribution in [0.5, 0.6) is 5.75 Å². The number of carbonyl (C=O) groups excluding carboxylic acids is 1. The highest BCUT2D eigenvalue weighted by Gasteiger charge is 2.38. The third-order valence-corrected chi connectivity index (χ3v) is 3.65. The lowest BCUT2D eigenvalue weighted by Gasteiger charge is -2.15. The highest BCUT2D eigenvalue weighted by Crippen LogP contribution is 2.43. The number of carbonyl (C=O) groups is 1. The average Bonchev–Trinajstić information content (AvgIpc) is 2.81. The second-order valence-electron chi connectivity index (χ2n) is 5.64. The Bertz CT molecular complexity index is 751. The molecule has 0 spiro atoms. The maximum absolute atomic E-state index is 13.6. The predicted octanol–water partition coefficient (Wildman–Crippen LogP) is 2.97. The number of alkyl halides is 3. The fourth-order valence-corrected chi connectivity index (χ4v) is 2.70. The molecule has 0 amide bonds. The lowest BCUT2D eigenvalue weighted by Crippen LogP contribution is -2.15. The van der Waals surface area contributed by atoms with Crippen molar-refractivity contribution in [1.82, 2.24) is 9.88 Å². The maximum Gasteiger partial charge on any atom is 0.420 e. The quantitative estimate of drug-likeness (QED) is 0.848. The van der Waals surface area contributed by atoms with Crippen LogP contribution in [0.2, 0.25) is 0 Å². The molecule has 132 valence electrons. The molecule has 1 heterocycles. The van der Waals surface area contributed by atoms with E-state index in [0.717, 1.165) is 0 Å². The molecule has 0 aliphatic rings. The first-order valence-corrected chi connectivity index (χ1v) is 7.18. The van der Waals surface area contributed by atoms with Crippen LogP contribution in [0.1, 0.15) is 16.8 Å². The van der Waals surface area contributed by atoms with Crippen molar-refractivity contribution in [3.63, 3.8) is 0 Å². The van der Waals surface area contributed by atoms with Crippen LogP contribution in [0.4, 0.5) is 13.2 Å². The zero-order valence-electron chi connectivity index (χ0n) is 13.9. The second kappa shape index (κ2) is 6.72. The maximum atomic E-state index is 13.6. The van der Waals surface area contributed by atoms with Crippen molar-refractivity contribution in [3.8, 4) is 5.75 Å². The topological polar surface area (TPSA) is 54.6 Å². The Labute approximate surface area is 137 Å². The van der Waals surface area contributed by atoms with Gasteiger partial charge in [-0.25, -0.2) is 0 Å². The van der Waals surface area contributed by atoms with E-state index in [4.69, 9.17) is 4.74 Å². The van der Waals surface area contributed by atoms with Crippen LogP contribution in [-0.2, 0) is 28.7 Å². The molecule has 2 rings (SSSR count). The van der Waals surface area contributed by atoms with Gasteiger partial charge in [0, 0.05) is 23.1 Å². The minimum Gasteiger partial charge on any atom is -0.496 e. The van der Waals surface area contributed by atoms with Crippen molar-refractivity contribution in [1.29, 1.82) is 0 Å². The molecule has 0 fully saturated rings. The molecule has 0 unspecified atom stereocenters. The van der Waals surface area contributed by atoms with Crippen LogP contribution in [0.3, 0.4) is 0 Å². The number of aromatic nitrogens is 1. The summed E-state index contributed by atoms with van der Waals surface area (Å²) in [5, 5.41) is -0.0518. The average molecular weight is 344 g/mol. The zero-order chi connectivity index (χ0) is 18.1. The van der Waals surface area contributed by atoms with Gasteiger partial charge in [-0.2, -0.15) is 13.2 Å². The number of nitrogens with one attached hydrogen (secondary N) is 1. The fraction of sp³-hybridized carbons (Fsp3) is 0.438. The van der Waals surface area contributed by atoms with Gasteiger partial charge >= 0.3 is 12.1 Å². The number of fused-ring (bicyclic) bond motifs is 1. The Morgan fingerprint density at radius 3 is 2.42 bits per heavy atom. The van der Waals surface area contributed by atoms with Crippen molar-refractivity contribution in [2.75, 3.05) is 28.3 Å². The van der Waals surface area contributed by atoms with E-state index < -0.39 is 17.7 Å². The second-order valence-corrected chi connectivity index (χ2v) is 5.64. The molecule has 0 saturated heterocycles. The van der Waals surface area contributed by atoms with Crippen LogP contribution in [-0.4, -0.2) is 44.2 Å². The summed E-state index contributed by atoms with van der Waals surface area (Å²) in [7, 11) is 5.97. The summed E-state index contributed by atoms with van der Waals surface area (Å²) in [6.07, 6.45) is -4.87. The summed E-state index contributed by atoms with van der Waals surface area (Å²) in [6, 6.07) is 2.78. The Balaban J connectivity index is 2.81. The highest BCUT2D eigenvalue weighted by molar-refractivity contribution is 5.93. The van der Waals surface area contributed by atoms with Crippen molar-refractivity contribution < 1.29 is 27.4 Å². The molecular formula is C16H19F3N2O3. The van der Waals surface area contributed by atoms with Crippen LogP contribution in [0.25, 0.3) is 10.9 Å². The Hall–Kier alpha value is -2.22. The summed E-state index contributed by atoms with van der Waals surface area (Å²) in [5.41, 5.74) is 0.234. The lowest BCUT2D eigenvalue weighted by atomic mass is 10.0. The van der Waals surface area contributed by atoms with Gasteiger partial charge in [-0.15, -0.1) is 0 Å². The molecule has 1 aromatic heterocycles. The molecule has 0 saturated carbocycles. The summed E-state index contributed by atoms with van der Waals surface area (Å²) in [6.45, 7) is 0.362. The Kier molecular flexibility index (Phi) is 5.08. The summed E-state index contributed by atoms with van der Waals surface area (Å²) >= 11 is 0. The first-order chi connectivity index (χ1) is 11.2. The van der Waals surface area contributed by atoms with Crippen LogP contribution in [0, 0.1) is 0 Å². The van der Waals surface area contributed by atoms with Gasteiger partial charge in [0.25, 0.3) is 0 Å². The van der Waals surface area contributed by atoms with Gasteiger partial charge in [0.05, 0.1) is 20.6 Å². The normalized spacial score (nSPS) is 12.0. The van der Waals surface area contributed by atoms with E-state index >= 15 is 0 Å². The number of hydrogen-bond acceptors (Lipinski definition) is 4. The number of benzene rings is 1. The summed E-state index contributed by atoms with van der Waals surface area (Å²) < 4.78 is 50.4. The molecular weight excluding hydrogens is 325 g/mol. The molecule has 0 aliphatic carbocycles. The van der Waals surface area contributed by atoms with Crippen molar-refractivity contribution >= 4 is 16.9 Å². The van der Waals surface area contributed by atoms with E-state index in [1.807, 2.05) is 0 Å². The zero-order valence-corrected chi connectivity index (χ0v) is 13.9. The number of H-pyrrole nitrogens is 1. The molecule has 8 heteroatoms. The van der Waals surface area contributed by atoms with E-state index in [9.17, 15) is 18.0 Å². The van der Waals surface area contributed by atoms with Gasteiger partial charge < -0.3 is 19.4 Å². The van der Waals surface area contributed by atoms with Gasteiger partial charge in [-0.05, 0) is 31.8 Å². The minimum atomic E-state index is -4.62. The Morgan fingerprint density at radius 1 is 1.25 bits per heavy atom. The standard InChI is InChI=1S/C16H19F3N2O3/c1-21(2)8-11-9(7-13(22)24-4)14-10(20-11)5-6-12(23-3)15(14)16(17,18)19/h5-6,20H,7-8H2,1-4H3. The van der Waals surface area contributed by atoms with Crippen LogP contribution >= 0.6 is 0 Å². The first kappa shape index (κ1) is 18.1. The Morgan fingerprint density at radius 2 is 1.92 bits per heavy atom. The van der Waals surface area contributed by atoms with E-state index in [2.05, 4.69) is 9.72 Å². The molecule has 0 bridgehead atoms. The molecule has 0 radical (unpaired) electrons. The van der Waals surface area contributed by atoms with Gasteiger partial charge in [-0.1, -0.05) is 0 Å². The van der Waals surface area contributed by atoms with Crippen molar-refractivity contribution in [2.24, 2.45) is 0 Å².